The van der Waals surface area contributed by atoms with Gasteiger partial charge in [-0.25, -0.2) is 13.4 Å². The molecule has 2 heterocycles. The van der Waals surface area contributed by atoms with Crippen LogP contribution >= 0.6 is 11.3 Å². The van der Waals surface area contributed by atoms with Crippen LogP contribution in [0.3, 0.4) is 0 Å². The molecule has 1 amide bonds. The molecule has 3 rings (SSSR count). The number of rotatable bonds is 6. The number of hydrogen-bond acceptors (Lipinski definition) is 8. The van der Waals surface area contributed by atoms with Gasteiger partial charge in [0.2, 0.25) is 10.0 Å². The largest absolute Gasteiger partial charge is 0.497 e. The minimum absolute atomic E-state index is 0.209. The lowest BCUT2D eigenvalue weighted by Crippen LogP contribution is -2.50. The number of thiazole rings is 1. The summed E-state index contributed by atoms with van der Waals surface area (Å²) in [6, 6.07) is 5.36. The maximum atomic E-state index is 12.7. The van der Waals surface area contributed by atoms with Crippen molar-refractivity contribution in [2.24, 2.45) is 0 Å². The zero-order chi connectivity index (χ0) is 20.3. The predicted octanol–water partition coefficient (Wildman–Crippen LogP) is 1.62. The Morgan fingerprint density at radius 1 is 1.18 bits per heavy atom. The number of carbonyl (C=O) groups excluding carboxylic acids is 1. The lowest BCUT2D eigenvalue weighted by atomic mass is 10.2. The number of nitrogens with one attached hydrogen (secondary N) is 1. The van der Waals surface area contributed by atoms with Gasteiger partial charge < -0.3 is 19.7 Å². The highest BCUT2D eigenvalue weighted by Crippen LogP contribution is 2.32. The monoisotopic (exact) mass is 426 g/mol. The second-order valence-corrected chi connectivity index (χ2v) is 9.02. The van der Waals surface area contributed by atoms with Gasteiger partial charge in [-0.15, -0.1) is 11.3 Å². The smallest absolute Gasteiger partial charge is 0.273 e. The summed E-state index contributed by atoms with van der Waals surface area (Å²) in [5.74, 6) is 1.06. The maximum absolute atomic E-state index is 12.7. The first-order chi connectivity index (χ1) is 13.3. The highest BCUT2D eigenvalue weighted by atomic mass is 32.2. The van der Waals surface area contributed by atoms with Crippen molar-refractivity contribution in [2.75, 3.05) is 52.0 Å². The van der Waals surface area contributed by atoms with Gasteiger partial charge in [-0.05, 0) is 12.1 Å². The minimum Gasteiger partial charge on any atom is -0.497 e. The first-order valence-electron chi connectivity index (χ1n) is 8.51. The Hall–Kier alpha value is -2.37. The van der Waals surface area contributed by atoms with Crippen LogP contribution in [-0.2, 0) is 10.0 Å². The van der Waals surface area contributed by atoms with Crippen LogP contribution in [0.4, 0.5) is 10.8 Å². The van der Waals surface area contributed by atoms with Crippen molar-refractivity contribution < 1.29 is 22.7 Å². The fraction of sp³-hybridized carbons (Fsp3) is 0.412. The molecule has 0 unspecified atom stereocenters. The average Bonchev–Trinajstić information content (AvgIpc) is 3.15. The van der Waals surface area contributed by atoms with E-state index in [0.717, 1.165) is 0 Å². The summed E-state index contributed by atoms with van der Waals surface area (Å²) in [5.41, 5.74) is 1.03. The number of benzene rings is 1. The van der Waals surface area contributed by atoms with Crippen LogP contribution in [0, 0.1) is 0 Å². The zero-order valence-electron chi connectivity index (χ0n) is 15.8. The summed E-state index contributed by atoms with van der Waals surface area (Å²) in [7, 11) is -0.0887. The van der Waals surface area contributed by atoms with Crippen molar-refractivity contribution in [3.05, 3.63) is 29.3 Å². The number of hydrogen-bond donors (Lipinski definition) is 1. The van der Waals surface area contributed by atoms with E-state index in [1.165, 1.54) is 21.9 Å². The van der Waals surface area contributed by atoms with Crippen LogP contribution in [0.15, 0.2) is 23.6 Å². The topological polar surface area (TPSA) is 101 Å². The molecule has 1 aliphatic rings. The Bertz CT molecular complexity index is 952. The van der Waals surface area contributed by atoms with Crippen molar-refractivity contribution >= 4 is 38.1 Å². The Morgan fingerprint density at radius 2 is 1.89 bits per heavy atom. The van der Waals surface area contributed by atoms with Crippen molar-refractivity contribution in [2.45, 2.75) is 0 Å². The molecular weight excluding hydrogens is 404 g/mol. The fourth-order valence-corrected chi connectivity index (χ4v) is 4.35. The number of ether oxygens (including phenoxy) is 2. The number of amides is 1. The van der Waals surface area contributed by atoms with Gasteiger partial charge in [0.05, 0.1) is 26.2 Å². The van der Waals surface area contributed by atoms with Gasteiger partial charge in [-0.3, -0.25) is 4.79 Å². The lowest BCUT2D eigenvalue weighted by Gasteiger charge is -2.32. The van der Waals surface area contributed by atoms with E-state index in [1.807, 2.05) is 6.07 Å². The fourth-order valence-electron chi connectivity index (χ4n) is 2.83. The highest BCUT2D eigenvalue weighted by Gasteiger charge is 2.27. The summed E-state index contributed by atoms with van der Waals surface area (Å²) in [6.45, 7) is 1.28. The third-order valence-corrected chi connectivity index (χ3v) is 6.43. The van der Waals surface area contributed by atoms with Crippen molar-refractivity contribution in [1.82, 2.24) is 14.2 Å². The van der Waals surface area contributed by atoms with Gasteiger partial charge in [-0.2, -0.15) is 4.31 Å². The van der Waals surface area contributed by atoms with Crippen LogP contribution < -0.4 is 14.8 Å². The summed E-state index contributed by atoms with van der Waals surface area (Å²) < 4.78 is 35.1. The van der Waals surface area contributed by atoms with E-state index >= 15 is 0 Å². The van der Waals surface area contributed by atoms with E-state index in [4.69, 9.17) is 9.47 Å². The molecule has 1 aromatic carbocycles. The second kappa shape index (κ2) is 8.33. The number of nitrogens with zero attached hydrogens (tertiary/aromatic N) is 3. The number of carbonyl (C=O) groups is 1. The predicted molar refractivity (Wildman–Crippen MR) is 107 cm³/mol. The van der Waals surface area contributed by atoms with Crippen molar-refractivity contribution in [3.63, 3.8) is 0 Å². The molecule has 0 bridgehead atoms. The van der Waals surface area contributed by atoms with E-state index in [0.29, 0.717) is 54.2 Å². The van der Waals surface area contributed by atoms with E-state index in [9.17, 15) is 13.2 Å². The Morgan fingerprint density at radius 3 is 2.50 bits per heavy atom. The molecule has 0 saturated carbocycles. The molecule has 0 atom stereocenters. The molecule has 1 fully saturated rings. The minimum atomic E-state index is -3.23. The van der Waals surface area contributed by atoms with E-state index in [2.05, 4.69) is 10.3 Å². The van der Waals surface area contributed by atoms with Gasteiger partial charge in [0, 0.05) is 37.6 Å². The molecule has 0 radical (unpaired) electrons. The number of anilines is 2. The third kappa shape index (κ3) is 4.54. The SMILES string of the molecule is COc1ccc(Nc2nc(C(=O)N3CCN(S(C)(=O)=O)CC3)cs2)c(OC)c1. The van der Waals surface area contributed by atoms with Gasteiger partial charge in [0.1, 0.15) is 17.2 Å². The Labute approximate surface area is 167 Å². The van der Waals surface area contributed by atoms with Gasteiger partial charge in [0.15, 0.2) is 5.13 Å². The number of methoxy groups -OCH3 is 2. The summed E-state index contributed by atoms with van der Waals surface area (Å²) in [5, 5.41) is 5.39. The molecule has 0 spiro atoms. The quantitative estimate of drug-likeness (QED) is 0.749. The number of piperazine rings is 1. The van der Waals surface area contributed by atoms with E-state index in [-0.39, 0.29) is 5.91 Å². The Kier molecular flexibility index (Phi) is 6.06. The van der Waals surface area contributed by atoms with Crippen LogP contribution in [0.2, 0.25) is 0 Å². The molecule has 152 valence electrons. The molecule has 1 N–H and O–H groups in total. The zero-order valence-corrected chi connectivity index (χ0v) is 17.5. The molecule has 11 heteroatoms. The van der Waals surface area contributed by atoms with Crippen LogP contribution in [0.5, 0.6) is 11.5 Å². The standard InChI is InChI=1S/C17H22N4O5S2/c1-25-12-4-5-13(15(10-12)26-2)18-17-19-14(11-27-17)16(22)20-6-8-21(9-7-20)28(3,23)24/h4-5,10-11H,6-9H2,1-3H3,(H,18,19). The normalized spacial score (nSPS) is 15.3. The first kappa shape index (κ1) is 20.4. The molecule has 1 aromatic heterocycles. The maximum Gasteiger partial charge on any atom is 0.273 e. The molecular formula is C17H22N4O5S2. The average molecular weight is 427 g/mol. The van der Waals surface area contributed by atoms with Gasteiger partial charge in [0.25, 0.3) is 5.91 Å². The molecule has 1 saturated heterocycles. The van der Waals surface area contributed by atoms with Gasteiger partial charge >= 0.3 is 0 Å². The first-order valence-corrected chi connectivity index (χ1v) is 11.2. The molecule has 28 heavy (non-hydrogen) atoms. The van der Waals surface area contributed by atoms with E-state index in [1.54, 1.807) is 36.6 Å². The molecule has 1 aliphatic heterocycles. The van der Waals surface area contributed by atoms with Crippen LogP contribution in [0.25, 0.3) is 0 Å². The van der Waals surface area contributed by atoms with Gasteiger partial charge in [-0.1, -0.05) is 0 Å². The third-order valence-electron chi connectivity index (χ3n) is 4.37. The summed E-state index contributed by atoms with van der Waals surface area (Å²) in [6.07, 6.45) is 1.18. The van der Waals surface area contributed by atoms with Crippen LogP contribution in [0.1, 0.15) is 10.5 Å². The van der Waals surface area contributed by atoms with Crippen LogP contribution in [-0.4, -0.2) is 75.2 Å². The number of aromatic nitrogens is 1. The molecule has 0 aliphatic carbocycles. The van der Waals surface area contributed by atoms with E-state index < -0.39 is 10.0 Å². The second-order valence-electron chi connectivity index (χ2n) is 6.18. The molecule has 2 aromatic rings. The summed E-state index contributed by atoms with van der Waals surface area (Å²) >= 11 is 1.31. The highest BCUT2D eigenvalue weighted by molar-refractivity contribution is 7.88. The van der Waals surface area contributed by atoms with Crippen molar-refractivity contribution in [1.29, 1.82) is 0 Å². The lowest BCUT2D eigenvalue weighted by molar-refractivity contribution is 0.0693. The van der Waals surface area contributed by atoms with Crippen molar-refractivity contribution in [3.8, 4) is 11.5 Å². The summed E-state index contributed by atoms with van der Waals surface area (Å²) in [4.78, 5) is 18.6. The Balaban J connectivity index is 1.67. The molecule has 9 nitrogen and oxygen atoms in total. The number of sulfonamides is 1.